The molecule has 1 saturated heterocycles. The summed E-state index contributed by atoms with van der Waals surface area (Å²) >= 11 is 0. The van der Waals surface area contributed by atoms with Crippen LogP contribution in [0.5, 0.6) is 0 Å². The second-order valence-electron chi connectivity index (χ2n) is 8.30. The zero-order valence-corrected chi connectivity index (χ0v) is 16.0. The third kappa shape index (κ3) is 4.25. The quantitative estimate of drug-likeness (QED) is 0.805. The first kappa shape index (κ1) is 18.3. The Morgan fingerprint density at radius 3 is 2.74 bits per heavy atom. The molecule has 0 radical (unpaired) electrons. The zero-order valence-electron chi connectivity index (χ0n) is 16.0. The molecule has 3 aliphatic rings. The van der Waals surface area contributed by atoms with Crippen molar-refractivity contribution < 1.29 is 14.3 Å². The van der Waals surface area contributed by atoms with Gasteiger partial charge in [-0.3, -0.25) is 4.79 Å². The average Bonchev–Trinajstić information content (AvgIpc) is 3.51. The molecule has 2 aliphatic carbocycles. The summed E-state index contributed by atoms with van der Waals surface area (Å²) in [6.45, 7) is 2.90. The Morgan fingerprint density at radius 1 is 1.19 bits per heavy atom. The number of ether oxygens (including phenoxy) is 1. The molecule has 0 bridgehead atoms. The van der Waals surface area contributed by atoms with E-state index in [-0.39, 0.29) is 12.5 Å². The van der Waals surface area contributed by atoms with Gasteiger partial charge in [0.05, 0.1) is 5.56 Å². The lowest BCUT2D eigenvalue weighted by atomic mass is 9.72. The van der Waals surface area contributed by atoms with Crippen LogP contribution in [-0.2, 0) is 9.53 Å². The first-order valence-electron chi connectivity index (χ1n) is 10.3. The summed E-state index contributed by atoms with van der Waals surface area (Å²) in [6, 6.07) is 4.33. The highest BCUT2D eigenvalue weighted by molar-refractivity contribution is 5.91. The van der Waals surface area contributed by atoms with Crippen molar-refractivity contribution in [2.45, 2.75) is 64.0 Å². The van der Waals surface area contributed by atoms with E-state index in [1.165, 1.54) is 38.3 Å². The van der Waals surface area contributed by atoms with E-state index in [9.17, 15) is 9.59 Å². The molecule has 0 unspecified atom stereocenters. The highest BCUT2D eigenvalue weighted by Crippen LogP contribution is 2.38. The molecular formula is C21H29N3O3. The highest BCUT2D eigenvalue weighted by Gasteiger charge is 2.39. The zero-order chi connectivity index (χ0) is 18.8. The van der Waals surface area contributed by atoms with Crippen LogP contribution in [0, 0.1) is 11.8 Å². The number of likely N-dealkylation sites (tertiary alicyclic amines) is 1. The molecule has 27 heavy (non-hydrogen) atoms. The molecule has 6 nitrogen and oxygen atoms in total. The number of nitrogens with zero attached hydrogens (tertiary/aromatic N) is 2. The normalized spacial score (nSPS) is 27.6. The number of fused-ring (bicyclic) bond motifs is 1. The van der Waals surface area contributed by atoms with Crippen LogP contribution in [0.4, 0.5) is 5.82 Å². The molecular weight excluding hydrogens is 342 g/mol. The van der Waals surface area contributed by atoms with Gasteiger partial charge in [-0.1, -0.05) is 19.8 Å². The van der Waals surface area contributed by atoms with Gasteiger partial charge in [0.15, 0.2) is 6.61 Å². The fourth-order valence-corrected chi connectivity index (χ4v) is 4.55. The number of nitrogens with one attached hydrogen (secondary N) is 1. The van der Waals surface area contributed by atoms with Crippen LogP contribution in [0.25, 0.3) is 0 Å². The molecule has 3 fully saturated rings. The molecule has 0 aromatic carbocycles. The first-order valence-corrected chi connectivity index (χ1v) is 10.3. The van der Waals surface area contributed by atoms with Crippen LogP contribution in [0.1, 0.15) is 62.2 Å². The van der Waals surface area contributed by atoms with Gasteiger partial charge in [-0.15, -0.1) is 0 Å². The molecule has 1 amide bonds. The molecule has 6 heteroatoms. The van der Waals surface area contributed by atoms with E-state index in [0.29, 0.717) is 29.5 Å². The number of carbonyl (C=O) groups excluding carboxylic acids is 2. The van der Waals surface area contributed by atoms with Crippen molar-refractivity contribution in [3.8, 4) is 0 Å². The smallest absolute Gasteiger partial charge is 0.340 e. The molecule has 2 saturated carbocycles. The van der Waals surface area contributed by atoms with Gasteiger partial charge < -0.3 is 15.0 Å². The number of amides is 1. The van der Waals surface area contributed by atoms with Gasteiger partial charge in [0.2, 0.25) is 0 Å². The summed E-state index contributed by atoms with van der Waals surface area (Å²) in [5.74, 6) is 1.50. The lowest BCUT2D eigenvalue weighted by Crippen LogP contribution is -2.53. The summed E-state index contributed by atoms with van der Waals surface area (Å²) < 4.78 is 5.29. The summed E-state index contributed by atoms with van der Waals surface area (Å²) in [5.41, 5.74) is 0.381. The number of hydrogen-bond donors (Lipinski definition) is 1. The number of anilines is 1. The fourth-order valence-electron chi connectivity index (χ4n) is 4.55. The fraction of sp³-hybridized carbons (Fsp3) is 0.667. The predicted octanol–water partition coefficient (Wildman–Crippen LogP) is 3.24. The minimum Gasteiger partial charge on any atom is -0.452 e. The minimum atomic E-state index is -0.487. The average molecular weight is 371 g/mol. The van der Waals surface area contributed by atoms with E-state index in [2.05, 4.69) is 17.2 Å². The third-order valence-electron chi connectivity index (χ3n) is 6.31. The summed E-state index contributed by atoms with van der Waals surface area (Å²) in [7, 11) is 0. The van der Waals surface area contributed by atoms with Crippen molar-refractivity contribution in [3.05, 3.63) is 23.9 Å². The molecule has 1 aromatic rings. The van der Waals surface area contributed by atoms with Gasteiger partial charge in [0.1, 0.15) is 5.82 Å². The number of pyridine rings is 1. The van der Waals surface area contributed by atoms with E-state index in [4.69, 9.17) is 4.74 Å². The monoisotopic (exact) mass is 371 g/mol. The van der Waals surface area contributed by atoms with E-state index in [1.807, 2.05) is 4.90 Å². The summed E-state index contributed by atoms with van der Waals surface area (Å²) in [5, 5.41) is 3.28. The van der Waals surface area contributed by atoms with Gasteiger partial charge in [-0.2, -0.15) is 0 Å². The number of rotatable bonds is 5. The summed E-state index contributed by atoms with van der Waals surface area (Å²) in [6.07, 6.45) is 9.63. The lowest BCUT2D eigenvalue weighted by molar-refractivity contribution is -0.142. The van der Waals surface area contributed by atoms with Gasteiger partial charge in [-0.25, -0.2) is 9.78 Å². The molecule has 1 N–H and O–H groups in total. The predicted molar refractivity (Wildman–Crippen MR) is 102 cm³/mol. The van der Waals surface area contributed by atoms with Crippen molar-refractivity contribution in [2.24, 2.45) is 11.8 Å². The van der Waals surface area contributed by atoms with Gasteiger partial charge in [-0.05, 0) is 56.1 Å². The minimum absolute atomic E-state index is 0.0628. The Bertz CT molecular complexity index is 686. The lowest BCUT2D eigenvalue weighted by Gasteiger charge is -2.47. The number of esters is 1. The Balaban J connectivity index is 1.30. The van der Waals surface area contributed by atoms with E-state index < -0.39 is 5.97 Å². The van der Waals surface area contributed by atoms with Gasteiger partial charge in [0, 0.05) is 24.8 Å². The summed E-state index contributed by atoms with van der Waals surface area (Å²) in [4.78, 5) is 31.2. The first-order chi connectivity index (χ1) is 13.1. The van der Waals surface area contributed by atoms with Crippen LogP contribution < -0.4 is 5.32 Å². The van der Waals surface area contributed by atoms with Crippen LogP contribution in [-0.4, -0.2) is 47.0 Å². The van der Waals surface area contributed by atoms with Crippen molar-refractivity contribution in [2.75, 3.05) is 18.5 Å². The molecule has 2 heterocycles. The number of aromatic nitrogens is 1. The molecule has 1 aromatic heterocycles. The third-order valence-corrected chi connectivity index (χ3v) is 6.31. The maximum Gasteiger partial charge on any atom is 0.340 e. The number of carbonyl (C=O) groups is 2. The molecule has 146 valence electrons. The Kier molecular flexibility index (Phi) is 5.32. The molecule has 1 aliphatic heterocycles. The second-order valence-corrected chi connectivity index (χ2v) is 8.30. The molecule has 4 rings (SSSR count). The Morgan fingerprint density at radius 2 is 2.00 bits per heavy atom. The Labute approximate surface area is 160 Å². The van der Waals surface area contributed by atoms with E-state index >= 15 is 0 Å². The largest absolute Gasteiger partial charge is 0.452 e. The number of hydrogen-bond acceptors (Lipinski definition) is 5. The van der Waals surface area contributed by atoms with Crippen LogP contribution in [0.3, 0.4) is 0 Å². The van der Waals surface area contributed by atoms with Crippen LogP contribution in [0.15, 0.2) is 18.3 Å². The standard InChI is InChI=1S/C21H29N3O3/c1-14-10-11-24(18-5-3-2-4-17(14)18)20(25)13-27-21(26)15-6-9-19(22-12-15)23-16-7-8-16/h6,9,12,14,16-18H,2-5,7-8,10-11,13H2,1H3,(H,22,23)/t14-,17+,18+/m1/s1. The van der Waals surface area contributed by atoms with Gasteiger partial charge in [0.25, 0.3) is 5.91 Å². The van der Waals surface area contributed by atoms with Crippen LogP contribution >= 0.6 is 0 Å². The topological polar surface area (TPSA) is 71.5 Å². The number of piperidine rings is 1. The van der Waals surface area contributed by atoms with Gasteiger partial charge >= 0.3 is 5.97 Å². The van der Waals surface area contributed by atoms with Crippen molar-refractivity contribution in [1.82, 2.24) is 9.88 Å². The maximum absolute atomic E-state index is 12.7. The van der Waals surface area contributed by atoms with E-state index in [0.717, 1.165) is 25.2 Å². The van der Waals surface area contributed by atoms with Crippen molar-refractivity contribution in [1.29, 1.82) is 0 Å². The molecule has 0 spiro atoms. The van der Waals surface area contributed by atoms with Crippen molar-refractivity contribution in [3.63, 3.8) is 0 Å². The highest BCUT2D eigenvalue weighted by atomic mass is 16.5. The van der Waals surface area contributed by atoms with Crippen molar-refractivity contribution >= 4 is 17.7 Å². The SMILES string of the molecule is C[C@@H]1CCN(C(=O)COC(=O)c2ccc(NC3CC3)nc2)[C@H]2CCCC[C@@H]12. The Hall–Kier alpha value is -2.11. The van der Waals surface area contributed by atoms with E-state index in [1.54, 1.807) is 12.1 Å². The maximum atomic E-state index is 12.7. The molecule has 3 atom stereocenters. The second kappa shape index (κ2) is 7.87. The van der Waals surface area contributed by atoms with Crippen LogP contribution in [0.2, 0.25) is 0 Å².